The first-order chi connectivity index (χ1) is 9.40. The molecule has 2 heteroatoms. The van der Waals surface area contributed by atoms with Crippen LogP contribution in [0, 0.1) is 0 Å². The van der Waals surface area contributed by atoms with Gasteiger partial charge in [0.05, 0.1) is 0 Å². The zero-order valence-electron chi connectivity index (χ0n) is 11.1. The number of benzene rings is 2. The average molecular weight is 252 g/mol. The van der Waals surface area contributed by atoms with Crippen LogP contribution in [0.5, 0.6) is 0 Å². The Morgan fingerprint density at radius 2 is 1.63 bits per heavy atom. The van der Waals surface area contributed by atoms with Gasteiger partial charge in [-0.15, -0.1) is 0 Å². The first-order valence-corrected chi connectivity index (χ1v) is 6.98. The Morgan fingerprint density at radius 3 is 2.37 bits per heavy atom. The summed E-state index contributed by atoms with van der Waals surface area (Å²) < 4.78 is 0. The first-order valence-electron chi connectivity index (χ1n) is 6.98. The van der Waals surface area contributed by atoms with Gasteiger partial charge in [-0.1, -0.05) is 48.5 Å². The Kier molecular flexibility index (Phi) is 3.80. The van der Waals surface area contributed by atoms with Crippen LogP contribution in [-0.2, 0) is 6.54 Å². The van der Waals surface area contributed by atoms with Gasteiger partial charge in [0, 0.05) is 31.4 Å². The molecule has 1 saturated heterocycles. The van der Waals surface area contributed by atoms with Gasteiger partial charge in [-0.05, 0) is 24.1 Å². The number of likely N-dealkylation sites (tertiary alicyclic amines) is 1. The molecular formula is C17H20N2. The highest BCUT2D eigenvalue weighted by molar-refractivity contribution is 5.43. The highest BCUT2D eigenvalue weighted by Crippen LogP contribution is 2.17. The number of para-hydroxylation sites is 1. The fourth-order valence-corrected chi connectivity index (χ4v) is 2.71. The molecule has 2 aromatic carbocycles. The van der Waals surface area contributed by atoms with E-state index in [0.29, 0.717) is 6.04 Å². The molecule has 1 atom stereocenters. The minimum absolute atomic E-state index is 0.575. The number of anilines is 1. The second-order valence-electron chi connectivity index (χ2n) is 5.22. The van der Waals surface area contributed by atoms with E-state index in [4.69, 9.17) is 0 Å². The number of hydrogen-bond donors (Lipinski definition) is 1. The van der Waals surface area contributed by atoms with Gasteiger partial charge in [0.15, 0.2) is 0 Å². The molecule has 0 saturated carbocycles. The van der Waals surface area contributed by atoms with E-state index in [9.17, 15) is 0 Å². The van der Waals surface area contributed by atoms with E-state index < -0.39 is 0 Å². The second kappa shape index (κ2) is 5.89. The average Bonchev–Trinajstić information content (AvgIpc) is 2.88. The van der Waals surface area contributed by atoms with E-state index in [-0.39, 0.29) is 0 Å². The number of hydrogen-bond acceptors (Lipinski definition) is 2. The number of nitrogens with zero attached hydrogens (tertiary/aromatic N) is 1. The monoisotopic (exact) mass is 252 g/mol. The first kappa shape index (κ1) is 12.2. The predicted molar refractivity (Wildman–Crippen MR) is 80.2 cm³/mol. The maximum absolute atomic E-state index is 3.61. The van der Waals surface area contributed by atoms with Gasteiger partial charge in [0.2, 0.25) is 0 Å². The summed E-state index contributed by atoms with van der Waals surface area (Å²) in [6, 6.07) is 21.8. The molecule has 0 bridgehead atoms. The lowest BCUT2D eigenvalue weighted by molar-refractivity contribution is 0.328. The molecule has 2 aromatic rings. The predicted octanol–water partition coefficient (Wildman–Crippen LogP) is 3.37. The van der Waals surface area contributed by atoms with Crippen molar-refractivity contribution in [1.29, 1.82) is 0 Å². The quantitative estimate of drug-likeness (QED) is 0.897. The van der Waals surface area contributed by atoms with E-state index in [2.05, 4.69) is 70.9 Å². The molecule has 1 aliphatic rings. The third-order valence-electron chi connectivity index (χ3n) is 3.67. The SMILES string of the molecule is c1ccc(CN2CC[C@@H](Nc3ccccc3)C2)cc1. The summed E-state index contributed by atoms with van der Waals surface area (Å²) in [7, 11) is 0. The highest BCUT2D eigenvalue weighted by atomic mass is 15.2. The maximum atomic E-state index is 3.61. The lowest BCUT2D eigenvalue weighted by atomic mass is 10.2. The Balaban J connectivity index is 1.53. The molecule has 1 fully saturated rings. The van der Waals surface area contributed by atoms with Crippen molar-refractivity contribution in [2.24, 2.45) is 0 Å². The summed E-state index contributed by atoms with van der Waals surface area (Å²) in [6.07, 6.45) is 1.22. The van der Waals surface area contributed by atoms with Gasteiger partial charge in [-0.3, -0.25) is 4.90 Å². The van der Waals surface area contributed by atoms with Gasteiger partial charge in [0.1, 0.15) is 0 Å². The van der Waals surface area contributed by atoms with Crippen LogP contribution in [0.25, 0.3) is 0 Å². The molecule has 2 nitrogen and oxygen atoms in total. The Hall–Kier alpha value is -1.80. The van der Waals surface area contributed by atoms with Crippen molar-refractivity contribution in [2.75, 3.05) is 18.4 Å². The minimum atomic E-state index is 0.575. The van der Waals surface area contributed by atoms with Crippen molar-refractivity contribution in [2.45, 2.75) is 19.0 Å². The van der Waals surface area contributed by atoms with Crippen LogP contribution in [-0.4, -0.2) is 24.0 Å². The largest absolute Gasteiger partial charge is 0.381 e. The van der Waals surface area contributed by atoms with Crippen molar-refractivity contribution in [3.63, 3.8) is 0 Å². The number of rotatable bonds is 4. The van der Waals surface area contributed by atoms with Crippen LogP contribution in [0.15, 0.2) is 60.7 Å². The molecule has 1 aliphatic heterocycles. The van der Waals surface area contributed by atoms with Crippen LogP contribution in [0.1, 0.15) is 12.0 Å². The zero-order valence-corrected chi connectivity index (χ0v) is 11.1. The molecule has 0 amide bonds. The number of nitrogens with one attached hydrogen (secondary N) is 1. The summed E-state index contributed by atoms with van der Waals surface area (Å²) in [4.78, 5) is 2.52. The maximum Gasteiger partial charge on any atom is 0.0400 e. The Labute approximate surface area is 115 Å². The Morgan fingerprint density at radius 1 is 0.947 bits per heavy atom. The summed E-state index contributed by atoms with van der Waals surface area (Å²) in [6.45, 7) is 3.37. The van der Waals surface area contributed by atoms with Crippen molar-refractivity contribution >= 4 is 5.69 Å². The third-order valence-corrected chi connectivity index (χ3v) is 3.67. The fourth-order valence-electron chi connectivity index (χ4n) is 2.71. The molecule has 98 valence electrons. The fraction of sp³-hybridized carbons (Fsp3) is 0.294. The topological polar surface area (TPSA) is 15.3 Å². The molecule has 0 aromatic heterocycles. The van der Waals surface area contributed by atoms with Gasteiger partial charge >= 0.3 is 0 Å². The molecule has 0 spiro atoms. The molecule has 0 radical (unpaired) electrons. The van der Waals surface area contributed by atoms with E-state index >= 15 is 0 Å². The summed E-state index contributed by atoms with van der Waals surface area (Å²) in [5.41, 5.74) is 2.64. The summed E-state index contributed by atoms with van der Waals surface area (Å²) in [5, 5.41) is 3.61. The molecule has 0 unspecified atom stereocenters. The molecular weight excluding hydrogens is 232 g/mol. The minimum Gasteiger partial charge on any atom is -0.381 e. The highest BCUT2D eigenvalue weighted by Gasteiger charge is 2.21. The van der Waals surface area contributed by atoms with Crippen LogP contribution < -0.4 is 5.32 Å². The van der Waals surface area contributed by atoms with Crippen LogP contribution in [0.4, 0.5) is 5.69 Å². The molecule has 3 rings (SSSR count). The standard InChI is InChI=1S/C17H20N2/c1-3-7-15(8-4-1)13-19-12-11-17(14-19)18-16-9-5-2-6-10-16/h1-10,17-18H,11-14H2/t17-/m1/s1. The zero-order chi connectivity index (χ0) is 12.9. The molecule has 1 N–H and O–H groups in total. The molecule has 19 heavy (non-hydrogen) atoms. The van der Waals surface area contributed by atoms with Crippen molar-refractivity contribution < 1.29 is 0 Å². The van der Waals surface area contributed by atoms with Crippen molar-refractivity contribution in [3.05, 3.63) is 66.2 Å². The van der Waals surface area contributed by atoms with Gasteiger partial charge in [-0.2, -0.15) is 0 Å². The summed E-state index contributed by atoms with van der Waals surface area (Å²) >= 11 is 0. The normalized spacial score (nSPS) is 19.5. The van der Waals surface area contributed by atoms with Crippen LogP contribution >= 0.6 is 0 Å². The van der Waals surface area contributed by atoms with Gasteiger partial charge in [0.25, 0.3) is 0 Å². The van der Waals surface area contributed by atoms with Crippen LogP contribution in [0.3, 0.4) is 0 Å². The van der Waals surface area contributed by atoms with Gasteiger partial charge in [-0.25, -0.2) is 0 Å². The van der Waals surface area contributed by atoms with E-state index in [1.165, 1.54) is 24.2 Å². The van der Waals surface area contributed by atoms with Gasteiger partial charge < -0.3 is 5.32 Å². The van der Waals surface area contributed by atoms with E-state index in [1.807, 2.05) is 0 Å². The van der Waals surface area contributed by atoms with Crippen molar-refractivity contribution in [3.8, 4) is 0 Å². The van der Waals surface area contributed by atoms with E-state index in [0.717, 1.165) is 13.1 Å². The summed E-state index contributed by atoms with van der Waals surface area (Å²) in [5.74, 6) is 0. The lowest BCUT2D eigenvalue weighted by Gasteiger charge is -2.17. The molecule has 1 heterocycles. The van der Waals surface area contributed by atoms with Crippen LogP contribution in [0.2, 0.25) is 0 Å². The van der Waals surface area contributed by atoms with E-state index in [1.54, 1.807) is 0 Å². The second-order valence-corrected chi connectivity index (χ2v) is 5.22. The Bertz CT molecular complexity index is 448. The lowest BCUT2D eigenvalue weighted by Crippen LogP contribution is -2.25. The molecule has 0 aliphatic carbocycles. The third kappa shape index (κ3) is 3.36. The smallest absolute Gasteiger partial charge is 0.0400 e. The van der Waals surface area contributed by atoms with Crippen molar-refractivity contribution in [1.82, 2.24) is 4.90 Å².